The van der Waals surface area contributed by atoms with Crippen LogP contribution >= 0.6 is 23.1 Å². The number of thioether (sulfide) groups is 1. The highest BCUT2D eigenvalue weighted by atomic mass is 32.2. The molecule has 160 valence electrons. The first-order valence-electron chi connectivity index (χ1n) is 10.3. The van der Waals surface area contributed by atoms with Crippen LogP contribution in [0, 0.1) is 0 Å². The van der Waals surface area contributed by atoms with Crippen LogP contribution in [0.5, 0.6) is 0 Å². The maximum absolute atomic E-state index is 13.2. The molecule has 0 saturated carbocycles. The van der Waals surface area contributed by atoms with E-state index in [9.17, 15) is 9.59 Å². The van der Waals surface area contributed by atoms with Crippen LogP contribution in [0.2, 0.25) is 0 Å². The molecule has 0 radical (unpaired) electrons. The van der Waals surface area contributed by atoms with Crippen LogP contribution in [0.1, 0.15) is 15.9 Å². The molecule has 5 nitrogen and oxygen atoms in total. The van der Waals surface area contributed by atoms with Gasteiger partial charge in [-0.1, -0.05) is 30.3 Å². The molecule has 31 heavy (non-hydrogen) atoms. The number of piperazine rings is 1. The molecule has 0 spiro atoms. The molecule has 1 fully saturated rings. The van der Waals surface area contributed by atoms with Crippen LogP contribution in [0.3, 0.4) is 0 Å². The number of rotatable bonds is 7. The second-order valence-electron chi connectivity index (χ2n) is 7.40. The van der Waals surface area contributed by atoms with Gasteiger partial charge in [0.05, 0.1) is 12.1 Å². The van der Waals surface area contributed by atoms with Gasteiger partial charge < -0.3 is 10.2 Å². The van der Waals surface area contributed by atoms with Gasteiger partial charge in [-0.15, -0.1) is 11.8 Å². The fraction of sp³-hybridized carbons (Fsp3) is 0.250. The van der Waals surface area contributed by atoms with Crippen molar-refractivity contribution in [1.29, 1.82) is 0 Å². The third-order valence-electron chi connectivity index (χ3n) is 5.18. The zero-order valence-corrected chi connectivity index (χ0v) is 18.8. The topological polar surface area (TPSA) is 52.7 Å². The molecule has 1 aliphatic rings. The number of nitrogens with zero attached hydrogens (tertiary/aromatic N) is 2. The van der Waals surface area contributed by atoms with Crippen molar-refractivity contribution >= 4 is 40.6 Å². The summed E-state index contributed by atoms with van der Waals surface area (Å²) in [7, 11) is 0. The van der Waals surface area contributed by atoms with E-state index in [4.69, 9.17) is 0 Å². The van der Waals surface area contributed by atoms with Gasteiger partial charge in [0.2, 0.25) is 5.91 Å². The van der Waals surface area contributed by atoms with E-state index >= 15 is 0 Å². The Hall–Kier alpha value is -2.61. The molecule has 7 heteroatoms. The van der Waals surface area contributed by atoms with Crippen molar-refractivity contribution in [1.82, 2.24) is 9.80 Å². The monoisotopic (exact) mass is 451 g/mol. The number of hydrogen-bond donors (Lipinski definition) is 1. The number of hydrogen-bond acceptors (Lipinski definition) is 5. The molecule has 0 aliphatic carbocycles. The maximum atomic E-state index is 13.2. The van der Waals surface area contributed by atoms with Gasteiger partial charge >= 0.3 is 0 Å². The highest BCUT2D eigenvalue weighted by molar-refractivity contribution is 7.98. The predicted molar refractivity (Wildman–Crippen MR) is 128 cm³/mol. The third-order valence-corrected chi connectivity index (χ3v) is 7.05. The summed E-state index contributed by atoms with van der Waals surface area (Å²) in [6, 6.07) is 19.4. The minimum absolute atomic E-state index is 0.0267. The number of anilines is 1. The number of thiophene rings is 1. The van der Waals surface area contributed by atoms with E-state index in [1.54, 1.807) is 23.1 Å². The summed E-state index contributed by atoms with van der Waals surface area (Å²) in [6.45, 7) is 2.97. The van der Waals surface area contributed by atoms with Crippen LogP contribution in [-0.2, 0) is 10.5 Å². The average molecular weight is 452 g/mol. The fourth-order valence-corrected chi connectivity index (χ4v) is 5.27. The molecule has 2 heterocycles. The Labute approximate surface area is 191 Å². The minimum Gasteiger partial charge on any atom is -0.336 e. The summed E-state index contributed by atoms with van der Waals surface area (Å²) in [5, 5.41) is 7.14. The van der Waals surface area contributed by atoms with Gasteiger partial charge in [0.25, 0.3) is 5.91 Å². The predicted octanol–water partition coefficient (Wildman–Crippen LogP) is 4.44. The normalized spacial score (nSPS) is 14.4. The van der Waals surface area contributed by atoms with Gasteiger partial charge in [-0.05, 0) is 46.7 Å². The maximum Gasteiger partial charge on any atom is 0.255 e. The van der Waals surface area contributed by atoms with E-state index in [0.717, 1.165) is 21.9 Å². The van der Waals surface area contributed by atoms with Gasteiger partial charge in [-0.3, -0.25) is 14.5 Å². The van der Waals surface area contributed by atoms with Crippen molar-refractivity contribution in [3.05, 3.63) is 82.6 Å². The van der Waals surface area contributed by atoms with Crippen molar-refractivity contribution in [2.75, 3.05) is 38.0 Å². The summed E-state index contributed by atoms with van der Waals surface area (Å²) in [4.78, 5) is 30.5. The molecule has 3 aromatic rings. The first-order chi connectivity index (χ1) is 15.2. The van der Waals surface area contributed by atoms with E-state index in [-0.39, 0.29) is 11.8 Å². The minimum atomic E-state index is -0.0267. The van der Waals surface area contributed by atoms with Crippen molar-refractivity contribution in [3.63, 3.8) is 0 Å². The van der Waals surface area contributed by atoms with Crippen molar-refractivity contribution < 1.29 is 9.59 Å². The Bertz CT molecular complexity index is 1000. The lowest BCUT2D eigenvalue weighted by atomic mass is 10.2. The van der Waals surface area contributed by atoms with Crippen LogP contribution < -0.4 is 5.32 Å². The Balaban J connectivity index is 1.30. The summed E-state index contributed by atoms with van der Waals surface area (Å²) in [5.74, 6) is 0.904. The quantitative estimate of drug-likeness (QED) is 0.540. The molecular formula is C24H25N3O2S2. The second-order valence-corrected chi connectivity index (χ2v) is 9.20. The molecule has 4 rings (SSSR count). The molecule has 0 unspecified atom stereocenters. The average Bonchev–Trinajstić information content (AvgIpc) is 3.32. The van der Waals surface area contributed by atoms with Gasteiger partial charge in [0.1, 0.15) is 0 Å². The largest absolute Gasteiger partial charge is 0.336 e. The molecule has 1 aromatic heterocycles. The Morgan fingerprint density at radius 3 is 2.42 bits per heavy atom. The summed E-state index contributed by atoms with van der Waals surface area (Å²) in [5.41, 5.74) is 2.84. The molecule has 1 saturated heterocycles. The number of carbonyl (C=O) groups is 2. The number of nitrogens with one attached hydrogen (secondary N) is 1. The first kappa shape index (κ1) is 21.6. The summed E-state index contributed by atoms with van der Waals surface area (Å²) in [6.07, 6.45) is 0. The second kappa shape index (κ2) is 10.6. The SMILES string of the molecule is O=C(CN1CCN(C(=O)c2ccccc2SCc2ccsc2)CC1)Nc1ccccc1. The van der Waals surface area contributed by atoms with Crippen LogP contribution in [0.25, 0.3) is 0 Å². The first-order valence-corrected chi connectivity index (χ1v) is 12.2. The zero-order valence-electron chi connectivity index (χ0n) is 17.2. The standard InChI is InChI=1S/C24H25N3O2S2/c28-23(25-20-6-2-1-3-7-20)16-26-11-13-27(14-12-26)24(29)21-8-4-5-9-22(21)31-18-19-10-15-30-17-19/h1-10,15,17H,11-14,16,18H2,(H,25,28). The number of para-hydroxylation sites is 1. The molecule has 1 N–H and O–H groups in total. The zero-order chi connectivity index (χ0) is 21.5. The van der Waals surface area contributed by atoms with Gasteiger partial charge in [-0.25, -0.2) is 0 Å². The molecule has 0 bridgehead atoms. The van der Waals surface area contributed by atoms with Crippen molar-refractivity contribution in [3.8, 4) is 0 Å². The lowest BCUT2D eigenvalue weighted by molar-refractivity contribution is -0.117. The van der Waals surface area contributed by atoms with E-state index in [1.807, 2.05) is 59.5 Å². The summed E-state index contributed by atoms with van der Waals surface area (Å²) < 4.78 is 0. The lowest BCUT2D eigenvalue weighted by Gasteiger charge is -2.34. The Morgan fingerprint density at radius 1 is 0.935 bits per heavy atom. The van der Waals surface area contributed by atoms with E-state index in [1.165, 1.54) is 5.56 Å². The third kappa shape index (κ3) is 5.97. The van der Waals surface area contributed by atoms with Crippen LogP contribution in [-0.4, -0.2) is 54.3 Å². The number of carbonyl (C=O) groups excluding carboxylic acids is 2. The number of amides is 2. The Kier molecular flexibility index (Phi) is 7.40. The highest BCUT2D eigenvalue weighted by Crippen LogP contribution is 2.28. The van der Waals surface area contributed by atoms with Crippen LogP contribution in [0.15, 0.2) is 76.3 Å². The molecular weight excluding hydrogens is 426 g/mol. The van der Waals surface area contributed by atoms with E-state index in [2.05, 4.69) is 27.0 Å². The lowest BCUT2D eigenvalue weighted by Crippen LogP contribution is -2.50. The van der Waals surface area contributed by atoms with Crippen LogP contribution in [0.4, 0.5) is 5.69 Å². The van der Waals surface area contributed by atoms with Gasteiger partial charge in [-0.2, -0.15) is 11.3 Å². The van der Waals surface area contributed by atoms with Crippen molar-refractivity contribution in [2.45, 2.75) is 10.6 Å². The smallest absolute Gasteiger partial charge is 0.255 e. The summed E-state index contributed by atoms with van der Waals surface area (Å²) >= 11 is 3.39. The number of benzene rings is 2. The van der Waals surface area contributed by atoms with Gasteiger partial charge in [0, 0.05) is 42.5 Å². The van der Waals surface area contributed by atoms with E-state index in [0.29, 0.717) is 32.7 Å². The fourth-order valence-electron chi connectivity index (χ4n) is 3.51. The highest BCUT2D eigenvalue weighted by Gasteiger charge is 2.24. The Morgan fingerprint density at radius 2 is 1.68 bits per heavy atom. The van der Waals surface area contributed by atoms with Gasteiger partial charge in [0.15, 0.2) is 0 Å². The molecule has 2 aromatic carbocycles. The molecule has 0 atom stereocenters. The van der Waals surface area contributed by atoms with Crippen molar-refractivity contribution in [2.24, 2.45) is 0 Å². The molecule has 2 amide bonds. The van der Waals surface area contributed by atoms with E-state index < -0.39 is 0 Å². The molecule has 1 aliphatic heterocycles.